The summed E-state index contributed by atoms with van der Waals surface area (Å²) >= 11 is 6.66. The fourth-order valence-corrected chi connectivity index (χ4v) is 3.00. The van der Waals surface area contributed by atoms with Crippen LogP contribution in [0.1, 0.15) is 5.56 Å². The van der Waals surface area contributed by atoms with Gasteiger partial charge >= 0.3 is 0 Å². The number of benzene rings is 2. The predicted molar refractivity (Wildman–Crippen MR) is 84.6 cm³/mol. The maximum atomic E-state index is 9.95. The number of phenols is 1. The van der Waals surface area contributed by atoms with E-state index in [0.29, 0.717) is 10.0 Å². The highest BCUT2D eigenvalue weighted by molar-refractivity contribution is 9.11. The van der Waals surface area contributed by atoms with Crippen molar-refractivity contribution in [1.29, 1.82) is 0 Å². The molecule has 0 unspecified atom stereocenters. The molecule has 0 aliphatic carbocycles. The zero-order valence-electron chi connectivity index (χ0n) is 10.0. The van der Waals surface area contributed by atoms with Crippen LogP contribution in [-0.4, -0.2) is 26.7 Å². The van der Waals surface area contributed by atoms with Gasteiger partial charge in [0.15, 0.2) is 0 Å². The summed E-state index contributed by atoms with van der Waals surface area (Å²) in [5.41, 5.74) is 2.89. The molecule has 0 fully saturated rings. The lowest BCUT2D eigenvalue weighted by Gasteiger charge is -2.02. The average Bonchev–Trinajstić information content (AvgIpc) is 2.88. The summed E-state index contributed by atoms with van der Waals surface area (Å²) in [5, 5.41) is 20.5. The highest BCUT2D eigenvalue weighted by atomic mass is 79.9. The molecule has 1 heterocycles. The minimum absolute atomic E-state index is 0.152. The van der Waals surface area contributed by atoms with Gasteiger partial charge in [-0.2, -0.15) is 15.4 Å². The SMILES string of the molecule is Oc1c(Br)cc(Br)cc1C=Nc1ccc2n[nH]nc2c1. The Morgan fingerprint density at radius 2 is 1.90 bits per heavy atom. The van der Waals surface area contributed by atoms with Crippen molar-refractivity contribution >= 4 is 54.8 Å². The summed E-state index contributed by atoms with van der Waals surface area (Å²) in [6.45, 7) is 0. The summed E-state index contributed by atoms with van der Waals surface area (Å²) in [7, 11) is 0. The molecule has 0 saturated heterocycles. The van der Waals surface area contributed by atoms with E-state index in [9.17, 15) is 5.11 Å². The van der Waals surface area contributed by atoms with Crippen molar-refractivity contribution < 1.29 is 5.11 Å². The summed E-state index contributed by atoms with van der Waals surface area (Å²) < 4.78 is 1.47. The second-order valence-corrected chi connectivity index (χ2v) is 5.85. The minimum Gasteiger partial charge on any atom is -0.506 e. The highest BCUT2D eigenvalue weighted by Gasteiger charge is 2.05. The van der Waals surface area contributed by atoms with Crippen LogP contribution in [-0.2, 0) is 0 Å². The van der Waals surface area contributed by atoms with Crippen LogP contribution in [0.15, 0.2) is 44.3 Å². The fourth-order valence-electron chi connectivity index (χ4n) is 1.74. The van der Waals surface area contributed by atoms with Crippen molar-refractivity contribution in [2.24, 2.45) is 4.99 Å². The highest BCUT2D eigenvalue weighted by Crippen LogP contribution is 2.31. The van der Waals surface area contributed by atoms with Gasteiger partial charge in [0, 0.05) is 16.3 Å². The molecule has 20 heavy (non-hydrogen) atoms. The molecule has 3 aromatic rings. The van der Waals surface area contributed by atoms with Gasteiger partial charge in [-0.05, 0) is 46.3 Å². The number of fused-ring (bicyclic) bond motifs is 1. The minimum atomic E-state index is 0.152. The van der Waals surface area contributed by atoms with E-state index in [4.69, 9.17) is 0 Å². The smallest absolute Gasteiger partial charge is 0.138 e. The van der Waals surface area contributed by atoms with Crippen molar-refractivity contribution in [2.45, 2.75) is 0 Å². The average molecular weight is 396 g/mol. The maximum Gasteiger partial charge on any atom is 0.138 e. The van der Waals surface area contributed by atoms with Gasteiger partial charge in [-0.1, -0.05) is 15.9 Å². The van der Waals surface area contributed by atoms with E-state index in [0.717, 1.165) is 21.2 Å². The molecular weight excluding hydrogens is 388 g/mol. The normalized spacial score (nSPS) is 11.5. The third kappa shape index (κ3) is 2.59. The number of aliphatic imine (C=N–C) groups is 1. The molecule has 0 amide bonds. The van der Waals surface area contributed by atoms with Gasteiger partial charge in [-0.25, -0.2) is 0 Å². The first-order valence-corrected chi connectivity index (χ1v) is 7.25. The Hall–Kier alpha value is -1.73. The van der Waals surface area contributed by atoms with Crippen LogP contribution in [0, 0.1) is 0 Å². The molecule has 0 radical (unpaired) electrons. The van der Waals surface area contributed by atoms with E-state index in [1.165, 1.54) is 0 Å². The van der Waals surface area contributed by atoms with Crippen LogP contribution in [0.4, 0.5) is 5.69 Å². The Balaban J connectivity index is 1.97. The number of aromatic hydroxyl groups is 1. The monoisotopic (exact) mass is 394 g/mol. The van der Waals surface area contributed by atoms with E-state index in [-0.39, 0.29) is 5.75 Å². The first-order chi connectivity index (χ1) is 9.63. The zero-order valence-corrected chi connectivity index (χ0v) is 13.2. The van der Waals surface area contributed by atoms with Crippen molar-refractivity contribution in [2.75, 3.05) is 0 Å². The summed E-state index contributed by atoms with van der Waals surface area (Å²) in [6, 6.07) is 9.05. The standard InChI is InChI=1S/C13H8Br2N4O/c14-8-3-7(13(20)10(15)4-8)6-16-9-1-2-11-12(5-9)18-19-17-11/h1-6,20H,(H,17,18,19). The number of hydrogen-bond donors (Lipinski definition) is 2. The topological polar surface area (TPSA) is 74.2 Å². The largest absolute Gasteiger partial charge is 0.506 e. The summed E-state index contributed by atoms with van der Waals surface area (Å²) in [5.74, 6) is 0.152. The van der Waals surface area contributed by atoms with Gasteiger partial charge in [-0.15, -0.1) is 0 Å². The van der Waals surface area contributed by atoms with Crippen LogP contribution in [0.5, 0.6) is 5.75 Å². The Morgan fingerprint density at radius 3 is 2.75 bits per heavy atom. The Morgan fingerprint density at radius 1 is 1.10 bits per heavy atom. The molecular formula is C13H8Br2N4O. The zero-order chi connectivity index (χ0) is 14.1. The number of nitrogens with one attached hydrogen (secondary N) is 1. The molecule has 3 rings (SSSR count). The van der Waals surface area contributed by atoms with E-state index >= 15 is 0 Å². The number of halogens is 2. The lowest BCUT2D eigenvalue weighted by Crippen LogP contribution is -1.84. The molecule has 100 valence electrons. The molecule has 0 saturated carbocycles. The van der Waals surface area contributed by atoms with Crippen molar-refractivity contribution in [3.05, 3.63) is 44.8 Å². The predicted octanol–water partition coefficient (Wildman–Crippen LogP) is 3.94. The van der Waals surface area contributed by atoms with Gasteiger partial charge in [0.25, 0.3) is 0 Å². The first-order valence-electron chi connectivity index (χ1n) is 5.66. The van der Waals surface area contributed by atoms with Crippen LogP contribution >= 0.6 is 31.9 Å². The molecule has 0 atom stereocenters. The Labute approximate surface area is 131 Å². The maximum absolute atomic E-state index is 9.95. The van der Waals surface area contributed by atoms with Gasteiger partial charge in [0.1, 0.15) is 16.8 Å². The number of phenolic OH excluding ortho intramolecular Hbond substituents is 1. The molecule has 0 aliphatic rings. The molecule has 7 heteroatoms. The van der Waals surface area contributed by atoms with Crippen LogP contribution < -0.4 is 0 Å². The third-order valence-corrected chi connectivity index (χ3v) is 3.77. The van der Waals surface area contributed by atoms with E-state index in [2.05, 4.69) is 52.3 Å². The molecule has 2 aromatic carbocycles. The van der Waals surface area contributed by atoms with Crippen LogP contribution in [0.2, 0.25) is 0 Å². The molecule has 0 spiro atoms. The number of aromatic amines is 1. The number of nitrogens with zero attached hydrogens (tertiary/aromatic N) is 3. The molecule has 5 nitrogen and oxygen atoms in total. The van der Waals surface area contributed by atoms with Crippen molar-refractivity contribution in [3.8, 4) is 5.75 Å². The Bertz CT molecular complexity index is 813. The fraction of sp³-hybridized carbons (Fsp3) is 0. The summed E-state index contributed by atoms with van der Waals surface area (Å²) in [4.78, 5) is 4.34. The number of aromatic nitrogens is 3. The lowest BCUT2D eigenvalue weighted by atomic mass is 10.2. The number of H-pyrrole nitrogens is 1. The first kappa shape index (κ1) is 13.3. The van der Waals surface area contributed by atoms with Crippen LogP contribution in [0.25, 0.3) is 11.0 Å². The van der Waals surface area contributed by atoms with E-state index < -0.39 is 0 Å². The van der Waals surface area contributed by atoms with Crippen LogP contribution in [0.3, 0.4) is 0 Å². The molecule has 1 aromatic heterocycles. The van der Waals surface area contributed by atoms with Gasteiger partial charge < -0.3 is 5.11 Å². The van der Waals surface area contributed by atoms with Gasteiger partial charge in [0.05, 0.1) is 10.2 Å². The van der Waals surface area contributed by atoms with Gasteiger partial charge in [0.2, 0.25) is 0 Å². The van der Waals surface area contributed by atoms with Crippen molar-refractivity contribution in [1.82, 2.24) is 15.4 Å². The molecule has 2 N–H and O–H groups in total. The van der Waals surface area contributed by atoms with Crippen molar-refractivity contribution in [3.63, 3.8) is 0 Å². The Kier molecular flexibility index (Phi) is 3.54. The second-order valence-electron chi connectivity index (χ2n) is 4.08. The van der Waals surface area contributed by atoms with E-state index in [1.807, 2.05) is 18.2 Å². The number of hydrogen-bond acceptors (Lipinski definition) is 4. The quantitative estimate of drug-likeness (QED) is 0.645. The third-order valence-electron chi connectivity index (χ3n) is 2.71. The number of rotatable bonds is 2. The lowest BCUT2D eigenvalue weighted by molar-refractivity contribution is 0.471. The molecule has 0 aliphatic heterocycles. The summed E-state index contributed by atoms with van der Waals surface area (Å²) in [6.07, 6.45) is 1.60. The second kappa shape index (κ2) is 5.34. The molecule has 0 bridgehead atoms. The van der Waals surface area contributed by atoms with E-state index in [1.54, 1.807) is 18.3 Å². The van der Waals surface area contributed by atoms with Gasteiger partial charge in [-0.3, -0.25) is 4.99 Å².